The standard InChI is InChI=1S/C10H13NO4S3/c1-15-10(12)9-8(2-5-17-9)18(13,14)11-3-6-16-7-4-11/h2,5H,3-4,6-7H2,1H3. The van der Waals surface area contributed by atoms with E-state index in [1.165, 1.54) is 17.5 Å². The number of hydrogen-bond donors (Lipinski definition) is 0. The molecule has 8 heteroatoms. The third-order valence-electron chi connectivity index (χ3n) is 2.59. The fraction of sp³-hybridized carbons (Fsp3) is 0.500. The minimum Gasteiger partial charge on any atom is -0.465 e. The summed E-state index contributed by atoms with van der Waals surface area (Å²) in [5.41, 5.74) is 0. The average Bonchev–Trinajstić information content (AvgIpc) is 2.89. The number of rotatable bonds is 3. The van der Waals surface area contributed by atoms with Crippen molar-refractivity contribution in [3.05, 3.63) is 16.3 Å². The Morgan fingerprint density at radius 2 is 2.06 bits per heavy atom. The Bertz CT molecular complexity index is 531. The number of esters is 1. The quantitative estimate of drug-likeness (QED) is 0.787. The summed E-state index contributed by atoms with van der Waals surface area (Å²) in [6.45, 7) is 0.979. The zero-order chi connectivity index (χ0) is 13.2. The van der Waals surface area contributed by atoms with Crippen molar-refractivity contribution in [1.29, 1.82) is 0 Å². The molecule has 1 aromatic heterocycles. The van der Waals surface area contributed by atoms with Crippen LogP contribution in [0.1, 0.15) is 9.67 Å². The van der Waals surface area contributed by atoms with E-state index in [1.54, 1.807) is 17.1 Å². The number of hydrogen-bond acceptors (Lipinski definition) is 6. The summed E-state index contributed by atoms with van der Waals surface area (Å²) in [5, 5.41) is 1.60. The van der Waals surface area contributed by atoms with Gasteiger partial charge in [0, 0.05) is 24.6 Å². The number of nitrogens with zero attached hydrogens (tertiary/aromatic N) is 1. The largest absolute Gasteiger partial charge is 0.465 e. The molecule has 1 aromatic rings. The van der Waals surface area contributed by atoms with Gasteiger partial charge in [0.2, 0.25) is 10.0 Å². The van der Waals surface area contributed by atoms with Crippen LogP contribution in [0.25, 0.3) is 0 Å². The van der Waals surface area contributed by atoms with Gasteiger partial charge in [-0.3, -0.25) is 0 Å². The van der Waals surface area contributed by atoms with Crippen molar-refractivity contribution >= 4 is 39.1 Å². The smallest absolute Gasteiger partial charge is 0.349 e. The van der Waals surface area contributed by atoms with Gasteiger partial charge in [0.05, 0.1) is 7.11 Å². The zero-order valence-electron chi connectivity index (χ0n) is 9.79. The molecule has 0 bridgehead atoms. The highest BCUT2D eigenvalue weighted by molar-refractivity contribution is 7.99. The molecule has 0 aliphatic carbocycles. The molecule has 0 unspecified atom stereocenters. The summed E-state index contributed by atoms with van der Waals surface area (Å²) in [4.78, 5) is 11.7. The molecule has 2 heterocycles. The molecule has 1 fully saturated rings. The van der Waals surface area contributed by atoms with Gasteiger partial charge in [-0.25, -0.2) is 13.2 Å². The van der Waals surface area contributed by atoms with Gasteiger partial charge in [-0.1, -0.05) is 0 Å². The van der Waals surface area contributed by atoms with E-state index in [4.69, 9.17) is 0 Å². The highest BCUT2D eigenvalue weighted by Gasteiger charge is 2.31. The SMILES string of the molecule is COC(=O)c1sccc1S(=O)(=O)N1CCSCC1. The fourth-order valence-electron chi connectivity index (χ4n) is 1.67. The second-order valence-corrected chi connectivity index (χ2v) is 7.67. The molecule has 0 atom stereocenters. The maximum Gasteiger partial charge on any atom is 0.349 e. The zero-order valence-corrected chi connectivity index (χ0v) is 12.2. The Morgan fingerprint density at radius 3 is 2.67 bits per heavy atom. The minimum absolute atomic E-state index is 0.0613. The molecule has 5 nitrogen and oxygen atoms in total. The van der Waals surface area contributed by atoms with Crippen LogP contribution in [0.5, 0.6) is 0 Å². The maximum absolute atomic E-state index is 12.4. The Hall–Kier alpha value is -0.570. The van der Waals surface area contributed by atoms with Crippen molar-refractivity contribution in [2.75, 3.05) is 31.7 Å². The van der Waals surface area contributed by atoms with Crippen LogP contribution in [0, 0.1) is 0 Å². The fourth-order valence-corrected chi connectivity index (χ4v) is 5.55. The van der Waals surface area contributed by atoms with Crippen molar-refractivity contribution < 1.29 is 17.9 Å². The topological polar surface area (TPSA) is 63.7 Å². The van der Waals surface area contributed by atoms with Crippen molar-refractivity contribution in [3.8, 4) is 0 Å². The molecule has 1 aliphatic heterocycles. The first-order valence-electron chi connectivity index (χ1n) is 5.31. The molecule has 0 radical (unpaired) electrons. The summed E-state index contributed by atoms with van der Waals surface area (Å²) in [7, 11) is -2.33. The number of thioether (sulfide) groups is 1. The van der Waals surface area contributed by atoms with Gasteiger partial charge in [0.1, 0.15) is 9.77 Å². The molecule has 100 valence electrons. The number of sulfonamides is 1. The van der Waals surface area contributed by atoms with E-state index >= 15 is 0 Å². The number of carbonyl (C=O) groups is 1. The van der Waals surface area contributed by atoms with Crippen LogP contribution in [0.4, 0.5) is 0 Å². The van der Waals surface area contributed by atoms with Crippen LogP contribution in [0.15, 0.2) is 16.3 Å². The van der Waals surface area contributed by atoms with E-state index in [0.717, 1.165) is 22.8 Å². The van der Waals surface area contributed by atoms with Crippen LogP contribution in [0.2, 0.25) is 0 Å². The van der Waals surface area contributed by atoms with E-state index in [2.05, 4.69) is 4.74 Å². The van der Waals surface area contributed by atoms with Gasteiger partial charge in [-0.2, -0.15) is 16.1 Å². The first kappa shape index (κ1) is 13.9. The molecule has 1 saturated heterocycles. The second-order valence-electron chi connectivity index (χ2n) is 3.62. The van der Waals surface area contributed by atoms with E-state index in [-0.39, 0.29) is 9.77 Å². The van der Waals surface area contributed by atoms with E-state index in [0.29, 0.717) is 13.1 Å². The van der Waals surface area contributed by atoms with Crippen LogP contribution in [-0.4, -0.2) is 50.4 Å². The summed E-state index contributed by atoms with van der Waals surface area (Å²) >= 11 is 2.82. The lowest BCUT2D eigenvalue weighted by Crippen LogP contribution is -2.38. The third kappa shape index (κ3) is 2.56. The Balaban J connectivity index is 2.35. The molecular formula is C10H13NO4S3. The molecule has 0 aromatic carbocycles. The normalized spacial score (nSPS) is 17.6. The lowest BCUT2D eigenvalue weighted by molar-refractivity contribution is 0.0602. The number of thiophene rings is 1. The van der Waals surface area contributed by atoms with Gasteiger partial charge in [-0.15, -0.1) is 11.3 Å². The molecule has 2 rings (SSSR count). The van der Waals surface area contributed by atoms with Gasteiger partial charge < -0.3 is 4.74 Å². The van der Waals surface area contributed by atoms with Gasteiger partial charge in [-0.05, 0) is 11.4 Å². The van der Waals surface area contributed by atoms with Crippen LogP contribution in [0.3, 0.4) is 0 Å². The molecule has 0 spiro atoms. The number of ether oxygens (including phenoxy) is 1. The second kappa shape index (κ2) is 5.60. The predicted molar refractivity (Wildman–Crippen MR) is 71.7 cm³/mol. The number of methoxy groups -OCH3 is 1. The maximum atomic E-state index is 12.4. The van der Waals surface area contributed by atoms with E-state index in [1.807, 2.05) is 0 Å². The predicted octanol–water partition coefficient (Wildman–Crippen LogP) is 1.27. The van der Waals surface area contributed by atoms with Crippen molar-refractivity contribution in [2.24, 2.45) is 0 Å². The third-order valence-corrected chi connectivity index (χ3v) is 6.49. The van der Waals surface area contributed by atoms with Crippen molar-refractivity contribution in [2.45, 2.75) is 4.90 Å². The van der Waals surface area contributed by atoms with Crippen molar-refractivity contribution in [3.63, 3.8) is 0 Å². The monoisotopic (exact) mass is 307 g/mol. The molecule has 18 heavy (non-hydrogen) atoms. The van der Waals surface area contributed by atoms with Gasteiger partial charge >= 0.3 is 5.97 Å². The Labute approximate surface area is 114 Å². The summed E-state index contributed by atoms with van der Waals surface area (Å²) in [6, 6.07) is 1.47. The molecule has 1 aliphatic rings. The lowest BCUT2D eigenvalue weighted by atomic mass is 10.5. The summed E-state index contributed by atoms with van der Waals surface area (Å²) < 4.78 is 30.8. The summed E-state index contributed by atoms with van der Waals surface area (Å²) in [6.07, 6.45) is 0. The van der Waals surface area contributed by atoms with E-state index < -0.39 is 16.0 Å². The highest BCUT2D eigenvalue weighted by Crippen LogP contribution is 2.27. The van der Waals surface area contributed by atoms with Crippen LogP contribution >= 0.6 is 23.1 Å². The van der Waals surface area contributed by atoms with Crippen LogP contribution < -0.4 is 0 Å². The molecular weight excluding hydrogens is 294 g/mol. The minimum atomic E-state index is -3.57. The Kier molecular flexibility index (Phi) is 4.31. The molecule has 0 N–H and O–H groups in total. The first-order chi connectivity index (χ1) is 8.57. The van der Waals surface area contributed by atoms with Crippen molar-refractivity contribution in [1.82, 2.24) is 4.31 Å². The highest BCUT2D eigenvalue weighted by atomic mass is 32.2. The lowest BCUT2D eigenvalue weighted by Gasteiger charge is -2.25. The molecule has 0 saturated carbocycles. The average molecular weight is 307 g/mol. The summed E-state index contributed by atoms with van der Waals surface area (Å²) in [5.74, 6) is 0.975. The number of carbonyl (C=O) groups excluding carboxylic acids is 1. The van der Waals surface area contributed by atoms with Gasteiger partial charge in [0.25, 0.3) is 0 Å². The van der Waals surface area contributed by atoms with Gasteiger partial charge in [0.15, 0.2) is 0 Å². The Morgan fingerprint density at radius 1 is 1.39 bits per heavy atom. The first-order valence-corrected chi connectivity index (χ1v) is 8.78. The van der Waals surface area contributed by atoms with Crippen LogP contribution in [-0.2, 0) is 14.8 Å². The van der Waals surface area contributed by atoms with E-state index in [9.17, 15) is 13.2 Å². The molecule has 0 amide bonds.